The van der Waals surface area contributed by atoms with Gasteiger partial charge in [0.1, 0.15) is 12.4 Å². The number of hydrogen-bond donors (Lipinski definition) is 1. The van der Waals surface area contributed by atoms with E-state index in [2.05, 4.69) is 10.3 Å². The van der Waals surface area contributed by atoms with Crippen LogP contribution in [0.5, 0.6) is 0 Å². The number of para-hydroxylation sites is 3. The van der Waals surface area contributed by atoms with Gasteiger partial charge in [0, 0.05) is 5.69 Å². The molecule has 5 rings (SSSR count). The van der Waals surface area contributed by atoms with E-state index in [1.165, 1.54) is 21.2 Å². The molecule has 0 bridgehead atoms. The van der Waals surface area contributed by atoms with Crippen LogP contribution in [0.2, 0.25) is 0 Å². The maximum atomic E-state index is 13.5. The lowest BCUT2D eigenvalue weighted by molar-refractivity contribution is -0.121. The molecule has 3 heterocycles. The minimum atomic E-state index is -0.622. The molecule has 0 aliphatic carbocycles. The van der Waals surface area contributed by atoms with Crippen LogP contribution in [0.4, 0.5) is 11.4 Å². The van der Waals surface area contributed by atoms with E-state index in [-0.39, 0.29) is 23.9 Å². The van der Waals surface area contributed by atoms with E-state index < -0.39 is 5.25 Å². The van der Waals surface area contributed by atoms with Crippen LogP contribution in [-0.2, 0) is 9.59 Å². The highest BCUT2D eigenvalue weighted by Crippen LogP contribution is 2.32. The highest BCUT2D eigenvalue weighted by atomic mass is 32.2. The zero-order valence-corrected chi connectivity index (χ0v) is 19.4. The molecule has 0 fully saturated rings. The topological polar surface area (TPSA) is 97.2 Å². The van der Waals surface area contributed by atoms with Crippen molar-refractivity contribution in [2.24, 2.45) is 0 Å². The zero-order valence-electron chi connectivity index (χ0n) is 18.6. The van der Waals surface area contributed by atoms with Gasteiger partial charge >= 0.3 is 0 Å². The molecule has 1 aliphatic heterocycles. The summed E-state index contributed by atoms with van der Waals surface area (Å²) in [5.41, 5.74) is 2.28. The van der Waals surface area contributed by atoms with Crippen LogP contribution in [0.3, 0.4) is 0 Å². The maximum absolute atomic E-state index is 13.5. The Morgan fingerprint density at radius 2 is 1.76 bits per heavy atom. The number of benzene rings is 2. The summed E-state index contributed by atoms with van der Waals surface area (Å²) in [5.74, 6) is -0.0690. The van der Waals surface area contributed by atoms with Gasteiger partial charge in [-0.15, -0.1) is 0 Å². The van der Waals surface area contributed by atoms with Crippen molar-refractivity contribution in [3.05, 3.63) is 82.8 Å². The van der Waals surface area contributed by atoms with Crippen molar-refractivity contribution in [2.45, 2.75) is 24.3 Å². The number of aromatic nitrogens is 3. The Balaban J connectivity index is 1.56. The van der Waals surface area contributed by atoms with Gasteiger partial charge in [-0.3, -0.25) is 19.3 Å². The number of nitrogens with one attached hydrogen (secondary N) is 1. The SMILES string of the molecule is Cc1cccc(-n2c(S[C@@H](C)C(=O)N3CC(=O)Nc4ccccc43)nc3ccccc3c2=O)n1. The molecule has 4 aromatic rings. The second-order valence-corrected chi connectivity index (χ2v) is 9.25. The van der Waals surface area contributed by atoms with Gasteiger partial charge in [-0.25, -0.2) is 14.5 Å². The van der Waals surface area contributed by atoms with Gasteiger partial charge in [-0.1, -0.05) is 42.1 Å². The number of carbonyl (C=O) groups is 2. The Morgan fingerprint density at radius 3 is 2.59 bits per heavy atom. The summed E-state index contributed by atoms with van der Waals surface area (Å²) in [5, 5.41) is 3.00. The maximum Gasteiger partial charge on any atom is 0.267 e. The molecule has 2 aromatic heterocycles. The van der Waals surface area contributed by atoms with Gasteiger partial charge in [0.15, 0.2) is 5.16 Å². The predicted molar refractivity (Wildman–Crippen MR) is 133 cm³/mol. The zero-order chi connectivity index (χ0) is 23.8. The highest BCUT2D eigenvalue weighted by molar-refractivity contribution is 8.00. The van der Waals surface area contributed by atoms with E-state index in [1.807, 2.05) is 31.2 Å². The average molecular weight is 472 g/mol. The summed E-state index contributed by atoms with van der Waals surface area (Å²) in [6.07, 6.45) is 0. The molecule has 0 saturated carbocycles. The van der Waals surface area contributed by atoms with Crippen LogP contribution in [0.1, 0.15) is 12.6 Å². The molecule has 9 heteroatoms. The van der Waals surface area contributed by atoms with Crippen LogP contribution in [0.25, 0.3) is 16.7 Å². The number of amides is 2. The molecular formula is C25H21N5O3S. The Labute approximate surface area is 199 Å². The largest absolute Gasteiger partial charge is 0.323 e. The van der Waals surface area contributed by atoms with E-state index in [9.17, 15) is 14.4 Å². The second-order valence-electron chi connectivity index (χ2n) is 7.94. The molecule has 1 atom stereocenters. The Morgan fingerprint density at radius 1 is 1.00 bits per heavy atom. The molecule has 0 spiro atoms. The molecule has 0 saturated heterocycles. The lowest BCUT2D eigenvalue weighted by Gasteiger charge is -2.30. The molecule has 0 radical (unpaired) electrons. The number of fused-ring (bicyclic) bond motifs is 2. The van der Waals surface area contributed by atoms with E-state index >= 15 is 0 Å². The number of aryl methyl sites for hydroxylation is 1. The molecule has 8 nitrogen and oxygen atoms in total. The van der Waals surface area contributed by atoms with Crippen molar-refractivity contribution in [2.75, 3.05) is 16.8 Å². The molecule has 1 N–H and O–H groups in total. The lowest BCUT2D eigenvalue weighted by atomic mass is 10.2. The molecule has 1 aliphatic rings. The van der Waals surface area contributed by atoms with Crippen LogP contribution >= 0.6 is 11.8 Å². The van der Waals surface area contributed by atoms with Gasteiger partial charge in [-0.2, -0.15) is 0 Å². The first kappa shape index (κ1) is 21.8. The fraction of sp³-hybridized carbons (Fsp3) is 0.160. The lowest BCUT2D eigenvalue weighted by Crippen LogP contribution is -2.45. The van der Waals surface area contributed by atoms with Crippen molar-refractivity contribution in [1.29, 1.82) is 0 Å². The minimum Gasteiger partial charge on any atom is -0.323 e. The molecule has 2 amide bonds. The smallest absolute Gasteiger partial charge is 0.267 e. The number of hydrogen-bond acceptors (Lipinski definition) is 6. The quantitative estimate of drug-likeness (QED) is 0.361. The highest BCUT2D eigenvalue weighted by Gasteiger charge is 2.31. The van der Waals surface area contributed by atoms with E-state index in [0.29, 0.717) is 33.3 Å². The predicted octanol–water partition coefficient (Wildman–Crippen LogP) is 3.56. The normalized spacial score (nSPS) is 13.9. The first-order chi connectivity index (χ1) is 16.4. The summed E-state index contributed by atoms with van der Waals surface area (Å²) in [4.78, 5) is 49.8. The Hall–Kier alpha value is -3.98. The number of nitrogens with zero attached hydrogens (tertiary/aromatic N) is 4. The van der Waals surface area contributed by atoms with Crippen molar-refractivity contribution in [3.8, 4) is 5.82 Å². The minimum absolute atomic E-state index is 0.0713. The summed E-state index contributed by atoms with van der Waals surface area (Å²) in [6, 6.07) is 19.7. The summed E-state index contributed by atoms with van der Waals surface area (Å²) in [7, 11) is 0. The number of thioether (sulfide) groups is 1. The fourth-order valence-electron chi connectivity index (χ4n) is 3.90. The van der Waals surface area contributed by atoms with Gasteiger partial charge in [-0.05, 0) is 50.2 Å². The number of anilines is 2. The Kier molecular flexibility index (Phi) is 5.62. The summed E-state index contributed by atoms with van der Waals surface area (Å²) < 4.78 is 1.45. The standard InChI is InChI=1S/C25H21N5O3S/c1-15-8-7-13-21(26-15)30-24(33)17-9-3-4-10-18(17)28-25(30)34-16(2)23(32)29-14-22(31)27-19-11-5-6-12-20(19)29/h3-13,16H,14H2,1-2H3,(H,27,31)/t16-/m0/s1. The van der Waals surface area contributed by atoms with E-state index in [4.69, 9.17) is 4.98 Å². The van der Waals surface area contributed by atoms with E-state index in [0.717, 1.165) is 5.69 Å². The van der Waals surface area contributed by atoms with Crippen LogP contribution in [0.15, 0.2) is 76.7 Å². The van der Waals surface area contributed by atoms with Gasteiger partial charge < -0.3 is 5.32 Å². The van der Waals surface area contributed by atoms with E-state index in [1.54, 1.807) is 49.4 Å². The number of rotatable bonds is 4. The first-order valence-corrected chi connectivity index (χ1v) is 11.6. The van der Waals surface area contributed by atoms with Crippen molar-refractivity contribution >= 4 is 45.9 Å². The molecule has 0 unspecified atom stereocenters. The van der Waals surface area contributed by atoms with Gasteiger partial charge in [0.25, 0.3) is 5.56 Å². The van der Waals surface area contributed by atoms with Crippen LogP contribution in [-0.4, -0.2) is 38.1 Å². The number of carbonyl (C=O) groups excluding carboxylic acids is 2. The third-order valence-corrected chi connectivity index (χ3v) is 6.55. The fourth-order valence-corrected chi connectivity index (χ4v) is 4.88. The first-order valence-electron chi connectivity index (χ1n) is 10.7. The molecular weight excluding hydrogens is 450 g/mol. The van der Waals surface area contributed by atoms with Gasteiger partial charge in [0.2, 0.25) is 11.8 Å². The van der Waals surface area contributed by atoms with Crippen molar-refractivity contribution in [3.63, 3.8) is 0 Å². The monoisotopic (exact) mass is 471 g/mol. The van der Waals surface area contributed by atoms with Crippen molar-refractivity contribution < 1.29 is 9.59 Å². The molecule has 170 valence electrons. The summed E-state index contributed by atoms with van der Waals surface area (Å²) >= 11 is 1.17. The molecule has 2 aromatic carbocycles. The van der Waals surface area contributed by atoms with Gasteiger partial charge in [0.05, 0.1) is 27.5 Å². The Bertz CT molecular complexity index is 1500. The molecule has 34 heavy (non-hydrogen) atoms. The second kappa shape index (κ2) is 8.75. The number of pyridine rings is 1. The summed E-state index contributed by atoms with van der Waals surface area (Å²) in [6.45, 7) is 3.52. The van der Waals surface area contributed by atoms with Crippen molar-refractivity contribution in [1.82, 2.24) is 14.5 Å². The third kappa shape index (κ3) is 3.94. The third-order valence-electron chi connectivity index (χ3n) is 5.51. The van der Waals surface area contributed by atoms with Crippen LogP contribution in [0, 0.1) is 6.92 Å². The average Bonchev–Trinajstić information content (AvgIpc) is 2.83. The van der Waals surface area contributed by atoms with Crippen LogP contribution < -0.4 is 15.8 Å².